The molecule has 0 bridgehead atoms. The Morgan fingerprint density at radius 3 is 1.78 bits per heavy atom. The summed E-state index contributed by atoms with van der Waals surface area (Å²) in [6.07, 6.45) is 1.23. The van der Waals surface area contributed by atoms with E-state index in [2.05, 4.69) is 13.2 Å². The van der Waals surface area contributed by atoms with Crippen LogP contribution in [0.1, 0.15) is 26.2 Å². The predicted molar refractivity (Wildman–Crippen MR) is 136 cm³/mol. The average molecular weight is 540 g/mol. The molecule has 0 heterocycles. The summed E-state index contributed by atoms with van der Waals surface area (Å²) in [5.41, 5.74) is -0.813. The number of aliphatic hydroxyl groups excluding tert-OH is 5. The van der Waals surface area contributed by atoms with Gasteiger partial charge in [-0.15, -0.1) is 0 Å². The van der Waals surface area contributed by atoms with Crippen molar-refractivity contribution >= 4 is 0 Å². The minimum atomic E-state index is -0.852. The number of hydrogen-bond acceptors (Lipinski definition) is 12. The Hall–Kier alpha value is -1.32. The Morgan fingerprint density at radius 2 is 1.30 bits per heavy atom. The van der Waals surface area contributed by atoms with E-state index in [1.807, 2.05) is 6.92 Å². The minimum Gasteiger partial charge on any atom is -0.476 e. The summed E-state index contributed by atoms with van der Waals surface area (Å²) >= 11 is 0. The van der Waals surface area contributed by atoms with E-state index in [1.165, 1.54) is 12.5 Å². The molecule has 4 unspecified atom stereocenters. The minimum absolute atomic E-state index is 0.00174. The smallest absolute Gasteiger partial charge is 0.188 e. The molecule has 0 aromatic rings. The molecule has 0 amide bonds. The highest BCUT2D eigenvalue weighted by atomic mass is 16.7. The van der Waals surface area contributed by atoms with E-state index >= 15 is 0 Å². The van der Waals surface area contributed by atoms with Gasteiger partial charge in [-0.05, 0) is 19.3 Å². The molecule has 220 valence electrons. The number of aliphatic hydroxyl groups is 5. The summed E-state index contributed by atoms with van der Waals surface area (Å²) < 4.78 is 31.9. The van der Waals surface area contributed by atoms with Gasteiger partial charge in [-0.1, -0.05) is 20.1 Å². The molecule has 0 aliphatic rings. The van der Waals surface area contributed by atoms with Crippen molar-refractivity contribution in [3.63, 3.8) is 0 Å². The summed E-state index contributed by atoms with van der Waals surface area (Å²) in [6.45, 7) is 10.3. The van der Waals surface area contributed by atoms with Crippen LogP contribution >= 0.6 is 0 Å². The summed E-state index contributed by atoms with van der Waals surface area (Å²) in [7, 11) is 0. The molecule has 4 atom stereocenters. The standard InChI is InChI=1S/C25H49NO11/c1-4-25(24(31)8-14-35-21-33-6-3,18-36-16-22(29)7-13-34-20-32-5-2)19-37-17-23(30)15-26(9-11-27)10-12-28/h5-6,22-24,27-31H,2-4,7-21H2,1H3. The third-order valence-electron chi connectivity index (χ3n) is 5.78. The molecular weight excluding hydrogens is 490 g/mol. The lowest BCUT2D eigenvalue weighted by Crippen LogP contribution is -2.45. The molecule has 0 rings (SSSR count). The van der Waals surface area contributed by atoms with E-state index in [9.17, 15) is 15.3 Å². The van der Waals surface area contributed by atoms with Crippen LogP contribution in [-0.2, 0) is 28.4 Å². The van der Waals surface area contributed by atoms with Crippen molar-refractivity contribution in [2.24, 2.45) is 5.41 Å². The second kappa shape index (κ2) is 23.8. The van der Waals surface area contributed by atoms with Crippen molar-refractivity contribution in [1.82, 2.24) is 4.90 Å². The fourth-order valence-electron chi connectivity index (χ4n) is 3.51. The van der Waals surface area contributed by atoms with Gasteiger partial charge in [0.05, 0.1) is 83.7 Å². The largest absolute Gasteiger partial charge is 0.476 e. The summed E-state index contributed by atoms with van der Waals surface area (Å²) in [5.74, 6) is 0. The normalized spacial score (nSPS) is 15.6. The molecular formula is C25H49NO11. The maximum absolute atomic E-state index is 11.0. The van der Waals surface area contributed by atoms with E-state index in [1.54, 1.807) is 4.90 Å². The quantitative estimate of drug-likeness (QED) is 0.0508. The van der Waals surface area contributed by atoms with Crippen LogP contribution < -0.4 is 0 Å². The highest BCUT2D eigenvalue weighted by Gasteiger charge is 2.37. The van der Waals surface area contributed by atoms with Crippen LogP contribution in [0, 0.1) is 5.41 Å². The van der Waals surface area contributed by atoms with E-state index in [0.29, 0.717) is 32.4 Å². The van der Waals surface area contributed by atoms with Crippen molar-refractivity contribution in [2.75, 3.05) is 86.1 Å². The average Bonchev–Trinajstić information content (AvgIpc) is 2.87. The van der Waals surface area contributed by atoms with Gasteiger partial charge < -0.3 is 54.0 Å². The third kappa shape index (κ3) is 17.7. The molecule has 0 saturated carbocycles. The molecule has 5 N–H and O–H groups in total. The third-order valence-corrected chi connectivity index (χ3v) is 5.78. The topological polar surface area (TPSA) is 160 Å². The summed E-state index contributed by atoms with van der Waals surface area (Å²) in [4.78, 5) is 1.73. The van der Waals surface area contributed by atoms with E-state index in [-0.39, 0.29) is 73.0 Å². The maximum Gasteiger partial charge on any atom is 0.188 e. The predicted octanol–water partition coefficient (Wildman–Crippen LogP) is -0.166. The van der Waals surface area contributed by atoms with E-state index in [0.717, 1.165) is 0 Å². The Labute approximate surface area is 221 Å². The second-order valence-corrected chi connectivity index (χ2v) is 8.61. The van der Waals surface area contributed by atoms with Gasteiger partial charge in [-0.3, -0.25) is 4.90 Å². The first kappa shape index (κ1) is 35.7. The molecule has 0 saturated heterocycles. The van der Waals surface area contributed by atoms with Crippen LogP contribution in [0.15, 0.2) is 25.7 Å². The lowest BCUT2D eigenvalue weighted by Gasteiger charge is -2.37. The Morgan fingerprint density at radius 1 is 0.784 bits per heavy atom. The van der Waals surface area contributed by atoms with Gasteiger partial charge in [0.25, 0.3) is 0 Å². The van der Waals surface area contributed by atoms with Gasteiger partial charge >= 0.3 is 0 Å². The molecule has 0 spiro atoms. The van der Waals surface area contributed by atoms with Gasteiger partial charge in [0, 0.05) is 25.0 Å². The first-order chi connectivity index (χ1) is 17.9. The second-order valence-electron chi connectivity index (χ2n) is 8.61. The SMILES string of the molecule is C=COCOCCC(O)COCC(CC)(COCC(O)CN(CCO)CCO)C(O)CCOCOC=C. The Balaban J connectivity index is 4.89. The molecule has 0 aliphatic carbocycles. The number of nitrogens with zero attached hydrogens (tertiary/aromatic N) is 1. The van der Waals surface area contributed by atoms with Crippen molar-refractivity contribution < 1.29 is 54.0 Å². The molecule has 0 aromatic carbocycles. The lowest BCUT2D eigenvalue weighted by molar-refractivity contribution is -0.123. The Bertz CT molecular complexity index is 537. The van der Waals surface area contributed by atoms with Gasteiger partial charge in [-0.25, -0.2) is 0 Å². The fraction of sp³-hybridized carbons (Fsp3) is 0.840. The number of rotatable bonds is 28. The van der Waals surface area contributed by atoms with Crippen LogP contribution in [0.3, 0.4) is 0 Å². The zero-order valence-corrected chi connectivity index (χ0v) is 22.2. The molecule has 12 heteroatoms. The zero-order valence-electron chi connectivity index (χ0n) is 22.2. The number of ether oxygens (including phenoxy) is 6. The lowest BCUT2D eigenvalue weighted by atomic mass is 9.79. The molecule has 12 nitrogen and oxygen atoms in total. The fourth-order valence-corrected chi connectivity index (χ4v) is 3.51. The molecule has 0 radical (unpaired) electrons. The first-order valence-corrected chi connectivity index (χ1v) is 12.6. The highest BCUT2D eigenvalue weighted by Crippen LogP contribution is 2.30. The monoisotopic (exact) mass is 539 g/mol. The molecule has 0 fully saturated rings. The highest BCUT2D eigenvalue weighted by molar-refractivity contribution is 4.86. The summed E-state index contributed by atoms with van der Waals surface area (Å²) in [5, 5.41) is 49.9. The van der Waals surface area contributed by atoms with Gasteiger partial charge in [0.15, 0.2) is 13.6 Å². The van der Waals surface area contributed by atoms with Crippen LogP contribution in [-0.4, -0.2) is 135 Å². The maximum atomic E-state index is 11.0. The van der Waals surface area contributed by atoms with Crippen LogP contribution in [0.25, 0.3) is 0 Å². The van der Waals surface area contributed by atoms with Gasteiger partial charge in [-0.2, -0.15) is 0 Å². The van der Waals surface area contributed by atoms with E-state index in [4.69, 9.17) is 38.6 Å². The van der Waals surface area contributed by atoms with Crippen molar-refractivity contribution in [3.8, 4) is 0 Å². The first-order valence-electron chi connectivity index (χ1n) is 12.6. The van der Waals surface area contributed by atoms with Gasteiger partial charge in [0.2, 0.25) is 0 Å². The van der Waals surface area contributed by atoms with E-state index < -0.39 is 23.7 Å². The van der Waals surface area contributed by atoms with Crippen molar-refractivity contribution in [1.29, 1.82) is 0 Å². The van der Waals surface area contributed by atoms with Gasteiger partial charge in [0.1, 0.15) is 0 Å². The van der Waals surface area contributed by atoms with Crippen LogP contribution in [0.5, 0.6) is 0 Å². The van der Waals surface area contributed by atoms with Crippen LogP contribution in [0.4, 0.5) is 0 Å². The molecule has 37 heavy (non-hydrogen) atoms. The number of hydrogen-bond donors (Lipinski definition) is 5. The zero-order chi connectivity index (χ0) is 27.8. The van der Waals surface area contributed by atoms with Crippen LogP contribution in [0.2, 0.25) is 0 Å². The summed E-state index contributed by atoms with van der Waals surface area (Å²) in [6, 6.07) is 0. The van der Waals surface area contributed by atoms with Crippen molar-refractivity contribution in [2.45, 2.75) is 44.5 Å². The van der Waals surface area contributed by atoms with Crippen molar-refractivity contribution in [3.05, 3.63) is 25.7 Å². The molecule has 0 aliphatic heterocycles. The Kier molecular flexibility index (Phi) is 22.9. The molecule has 0 aromatic heterocycles.